The standard InChI is InChI=1S/C18H27N7O/c1-2-3-8-20-18-21-10-14(15-9-16(19)23-11-22-15)17(25-18)24-12-4-6-13(26)7-5-12/h9-13,26H,2-8H2,1H3,(H2,19,22,23)(H2,20,21,24,25). The lowest BCUT2D eigenvalue weighted by atomic mass is 9.93. The first-order chi connectivity index (χ1) is 12.7. The summed E-state index contributed by atoms with van der Waals surface area (Å²) in [5.41, 5.74) is 7.29. The van der Waals surface area contributed by atoms with Crippen molar-refractivity contribution in [3.63, 3.8) is 0 Å². The van der Waals surface area contributed by atoms with Gasteiger partial charge in [0.2, 0.25) is 5.95 Å². The van der Waals surface area contributed by atoms with Crippen LogP contribution in [0.1, 0.15) is 45.4 Å². The summed E-state index contributed by atoms with van der Waals surface area (Å²) in [6.45, 7) is 2.99. The van der Waals surface area contributed by atoms with Crippen molar-refractivity contribution < 1.29 is 5.11 Å². The lowest BCUT2D eigenvalue weighted by molar-refractivity contribution is 0.126. The van der Waals surface area contributed by atoms with E-state index in [0.717, 1.165) is 56.5 Å². The third-order valence-electron chi connectivity index (χ3n) is 4.60. The highest BCUT2D eigenvalue weighted by Crippen LogP contribution is 2.29. The molecular formula is C18H27N7O. The maximum Gasteiger partial charge on any atom is 0.224 e. The highest BCUT2D eigenvalue weighted by atomic mass is 16.3. The molecule has 3 rings (SSSR count). The molecule has 2 aromatic rings. The number of nitrogens with two attached hydrogens (primary N) is 1. The number of nitrogens with one attached hydrogen (secondary N) is 2. The molecule has 0 spiro atoms. The third kappa shape index (κ3) is 4.78. The minimum absolute atomic E-state index is 0.189. The van der Waals surface area contributed by atoms with Gasteiger partial charge in [0.1, 0.15) is 18.0 Å². The summed E-state index contributed by atoms with van der Waals surface area (Å²) < 4.78 is 0. The van der Waals surface area contributed by atoms with Gasteiger partial charge in [-0.25, -0.2) is 15.0 Å². The molecule has 26 heavy (non-hydrogen) atoms. The van der Waals surface area contributed by atoms with Gasteiger partial charge >= 0.3 is 0 Å². The van der Waals surface area contributed by atoms with Crippen molar-refractivity contribution >= 4 is 17.6 Å². The number of nitrogens with zero attached hydrogens (tertiary/aromatic N) is 4. The molecule has 140 valence electrons. The zero-order valence-electron chi connectivity index (χ0n) is 15.1. The van der Waals surface area contributed by atoms with E-state index >= 15 is 0 Å². The second-order valence-corrected chi connectivity index (χ2v) is 6.71. The lowest BCUT2D eigenvalue weighted by Crippen LogP contribution is -2.29. The Hall–Kier alpha value is -2.48. The Labute approximate surface area is 153 Å². The van der Waals surface area contributed by atoms with Gasteiger partial charge in [-0.05, 0) is 32.1 Å². The maximum atomic E-state index is 9.73. The van der Waals surface area contributed by atoms with Crippen LogP contribution in [0.2, 0.25) is 0 Å². The van der Waals surface area contributed by atoms with E-state index in [0.29, 0.717) is 17.5 Å². The quantitative estimate of drug-likeness (QED) is 0.557. The van der Waals surface area contributed by atoms with Crippen LogP contribution in [0, 0.1) is 0 Å². The van der Waals surface area contributed by atoms with Gasteiger partial charge in [-0.15, -0.1) is 0 Å². The Bertz CT molecular complexity index is 716. The molecule has 2 aromatic heterocycles. The van der Waals surface area contributed by atoms with E-state index < -0.39 is 0 Å². The van der Waals surface area contributed by atoms with Crippen LogP contribution in [-0.4, -0.2) is 43.7 Å². The lowest BCUT2D eigenvalue weighted by Gasteiger charge is -2.27. The molecule has 1 fully saturated rings. The second kappa shape index (κ2) is 8.75. The van der Waals surface area contributed by atoms with Gasteiger partial charge in [-0.1, -0.05) is 13.3 Å². The Morgan fingerprint density at radius 3 is 2.73 bits per heavy atom. The second-order valence-electron chi connectivity index (χ2n) is 6.71. The molecule has 0 saturated heterocycles. The summed E-state index contributed by atoms with van der Waals surface area (Å²) in [6, 6.07) is 1.99. The maximum absolute atomic E-state index is 9.73. The summed E-state index contributed by atoms with van der Waals surface area (Å²) >= 11 is 0. The number of rotatable bonds is 7. The van der Waals surface area contributed by atoms with Crippen molar-refractivity contribution in [2.45, 2.75) is 57.6 Å². The van der Waals surface area contributed by atoms with Crippen molar-refractivity contribution in [1.29, 1.82) is 0 Å². The van der Waals surface area contributed by atoms with Gasteiger partial charge in [0.05, 0.1) is 17.4 Å². The average Bonchev–Trinajstić information content (AvgIpc) is 2.64. The molecule has 2 heterocycles. The van der Waals surface area contributed by atoms with Crippen LogP contribution in [0.15, 0.2) is 18.6 Å². The number of hydrogen-bond donors (Lipinski definition) is 4. The largest absolute Gasteiger partial charge is 0.393 e. The SMILES string of the molecule is CCCCNc1ncc(-c2cc(N)ncn2)c(NC2CCC(O)CC2)n1. The molecule has 0 atom stereocenters. The summed E-state index contributed by atoms with van der Waals surface area (Å²) in [5, 5.41) is 16.5. The molecule has 1 saturated carbocycles. The van der Waals surface area contributed by atoms with Crippen LogP contribution in [0.4, 0.5) is 17.6 Å². The Morgan fingerprint density at radius 2 is 2.00 bits per heavy atom. The summed E-state index contributed by atoms with van der Waals surface area (Å²) in [4.78, 5) is 17.3. The van der Waals surface area contributed by atoms with Crippen LogP contribution >= 0.6 is 0 Å². The Kier molecular flexibility index (Phi) is 6.17. The Morgan fingerprint density at radius 1 is 1.19 bits per heavy atom. The van der Waals surface area contributed by atoms with Crippen LogP contribution < -0.4 is 16.4 Å². The minimum Gasteiger partial charge on any atom is -0.393 e. The van der Waals surface area contributed by atoms with Crippen molar-refractivity contribution in [2.24, 2.45) is 0 Å². The summed E-state index contributed by atoms with van der Waals surface area (Å²) in [5.74, 6) is 1.74. The van der Waals surface area contributed by atoms with Crippen LogP contribution in [0.3, 0.4) is 0 Å². The zero-order valence-corrected chi connectivity index (χ0v) is 15.1. The fraction of sp³-hybridized carbons (Fsp3) is 0.556. The van der Waals surface area contributed by atoms with E-state index in [4.69, 9.17) is 5.73 Å². The number of aliphatic hydroxyl groups is 1. The monoisotopic (exact) mass is 357 g/mol. The van der Waals surface area contributed by atoms with Crippen molar-refractivity contribution in [3.8, 4) is 11.3 Å². The molecule has 8 heteroatoms. The number of anilines is 3. The van der Waals surface area contributed by atoms with Crippen molar-refractivity contribution in [1.82, 2.24) is 19.9 Å². The van der Waals surface area contributed by atoms with E-state index in [1.807, 2.05) is 0 Å². The van der Waals surface area contributed by atoms with Gasteiger partial charge in [0.25, 0.3) is 0 Å². The van der Waals surface area contributed by atoms with E-state index in [-0.39, 0.29) is 12.1 Å². The fourth-order valence-corrected chi connectivity index (χ4v) is 3.07. The molecule has 0 aromatic carbocycles. The number of aromatic nitrogens is 4. The molecule has 0 amide bonds. The summed E-state index contributed by atoms with van der Waals surface area (Å²) in [6.07, 6.45) is 8.63. The molecule has 8 nitrogen and oxygen atoms in total. The Balaban J connectivity index is 1.84. The van der Waals surface area contributed by atoms with E-state index in [1.165, 1.54) is 6.33 Å². The highest BCUT2D eigenvalue weighted by Gasteiger charge is 2.21. The van der Waals surface area contributed by atoms with Crippen LogP contribution in [0.25, 0.3) is 11.3 Å². The van der Waals surface area contributed by atoms with Gasteiger partial charge in [0.15, 0.2) is 0 Å². The van der Waals surface area contributed by atoms with E-state index in [2.05, 4.69) is 37.5 Å². The third-order valence-corrected chi connectivity index (χ3v) is 4.60. The number of unbranched alkanes of at least 4 members (excludes halogenated alkanes) is 1. The van der Waals surface area contributed by atoms with Gasteiger partial charge in [0, 0.05) is 24.8 Å². The average molecular weight is 357 g/mol. The molecule has 0 unspecified atom stereocenters. The van der Waals surface area contributed by atoms with E-state index in [1.54, 1.807) is 12.3 Å². The predicted octanol–water partition coefficient (Wildman–Crippen LogP) is 2.44. The van der Waals surface area contributed by atoms with Gasteiger partial charge in [-0.3, -0.25) is 0 Å². The van der Waals surface area contributed by atoms with Crippen molar-refractivity contribution in [2.75, 3.05) is 22.9 Å². The molecule has 0 radical (unpaired) electrons. The van der Waals surface area contributed by atoms with Gasteiger partial charge in [-0.2, -0.15) is 4.98 Å². The molecule has 5 N–H and O–H groups in total. The first-order valence-corrected chi connectivity index (χ1v) is 9.29. The van der Waals surface area contributed by atoms with Crippen molar-refractivity contribution in [3.05, 3.63) is 18.6 Å². The molecular weight excluding hydrogens is 330 g/mol. The van der Waals surface area contributed by atoms with Gasteiger partial charge < -0.3 is 21.5 Å². The normalized spacial score (nSPS) is 19.9. The fourth-order valence-electron chi connectivity index (χ4n) is 3.07. The molecule has 0 bridgehead atoms. The molecule has 1 aliphatic carbocycles. The van der Waals surface area contributed by atoms with E-state index in [9.17, 15) is 5.11 Å². The van der Waals surface area contributed by atoms with Crippen LogP contribution in [0.5, 0.6) is 0 Å². The number of nitrogen functional groups attached to an aromatic ring is 1. The molecule has 1 aliphatic rings. The topological polar surface area (TPSA) is 122 Å². The number of aliphatic hydroxyl groups excluding tert-OH is 1. The van der Waals surface area contributed by atoms with Crippen LogP contribution in [-0.2, 0) is 0 Å². The minimum atomic E-state index is -0.189. The smallest absolute Gasteiger partial charge is 0.224 e. The first-order valence-electron chi connectivity index (χ1n) is 9.29. The summed E-state index contributed by atoms with van der Waals surface area (Å²) in [7, 11) is 0. The predicted molar refractivity (Wildman–Crippen MR) is 103 cm³/mol. The zero-order chi connectivity index (χ0) is 18.4. The number of hydrogen-bond acceptors (Lipinski definition) is 8. The first kappa shape index (κ1) is 18.3. The highest BCUT2D eigenvalue weighted by molar-refractivity contribution is 5.73. The molecule has 0 aliphatic heterocycles.